The minimum absolute atomic E-state index is 0.0862. The third-order valence-electron chi connectivity index (χ3n) is 3.75. The summed E-state index contributed by atoms with van der Waals surface area (Å²) in [4.78, 5) is 20.3. The van der Waals surface area contributed by atoms with Gasteiger partial charge in [-0.15, -0.1) is 23.2 Å². The lowest BCUT2D eigenvalue weighted by Crippen LogP contribution is -2.49. The summed E-state index contributed by atoms with van der Waals surface area (Å²) in [7, 11) is 0. The standard InChI is InChI=1S/C9H3Cl6NO2/c10-3-4(11)8(13)2-1(5(17)16-6(2)18)7(3,12)9(8,14)15/h1-2H,(H,16,17,18)/t1-,2-,7+,8+/m0/s1. The Balaban J connectivity index is 2.37. The van der Waals surface area contributed by atoms with Gasteiger partial charge in [-0.3, -0.25) is 14.9 Å². The number of alkyl halides is 4. The Morgan fingerprint density at radius 2 is 1.17 bits per heavy atom. The number of amides is 2. The summed E-state index contributed by atoms with van der Waals surface area (Å²) in [6.45, 7) is 0. The molecular formula is C9H3Cl6NO2. The monoisotopic (exact) mass is 367 g/mol. The Morgan fingerprint density at radius 1 is 0.833 bits per heavy atom. The van der Waals surface area contributed by atoms with E-state index in [9.17, 15) is 9.59 Å². The molecule has 2 aliphatic carbocycles. The van der Waals surface area contributed by atoms with Crippen LogP contribution < -0.4 is 5.32 Å². The molecule has 3 nitrogen and oxygen atoms in total. The minimum atomic E-state index is -1.85. The maximum absolute atomic E-state index is 11.8. The highest BCUT2D eigenvalue weighted by molar-refractivity contribution is 6.66. The number of hydrogen-bond donors (Lipinski definition) is 1. The predicted octanol–water partition coefficient (Wildman–Crippen LogP) is 2.72. The highest BCUT2D eigenvalue weighted by Gasteiger charge is 2.86. The average molecular weight is 370 g/mol. The summed E-state index contributed by atoms with van der Waals surface area (Å²) in [5.41, 5.74) is 0. The first kappa shape index (κ1) is 13.6. The summed E-state index contributed by atoms with van der Waals surface area (Å²) in [5.74, 6) is -3.27. The van der Waals surface area contributed by atoms with E-state index in [2.05, 4.69) is 5.32 Å². The molecule has 0 aromatic heterocycles. The van der Waals surface area contributed by atoms with Crippen LogP contribution in [-0.4, -0.2) is 25.9 Å². The first-order valence-electron chi connectivity index (χ1n) is 4.78. The molecule has 3 aliphatic rings. The number of hydrogen-bond acceptors (Lipinski definition) is 2. The number of rotatable bonds is 0. The van der Waals surface area contributed by atoms with E-state index in [0.717, 1.165) is 0 Å². The lowest BCUT2D eigenvalue weighted by atomic mass is 9.84. The molecule has 2 fully saturated rings. The van der Waals surface area contributed by atoms with Crippen LogP contribution in [0.2, 0.25) is 0 Å². The van der Waals surface area contributed by atoms with Gasteiger partial charge in [0, 0.05) is 0 Å². The van der Waals surface area contributed by atoms with Crippen LogP contribution >= 0.6 is 69.6 Å². The van der Waals surface area contributed by atoms with Gasteiger partial charge in [0.2, 0.25) is 11.8 Å². The van der Waals surface area contributed by atoms with E-state index in [1.165, 1.54) is 0 Å². The third kappa shape index (κ3) is 1.03. The summed E-state index contributed by atoms with van der Waals surface area (Å²) in [6, 6.07) is 0. The smallest absolute Gasteiger partial charge is 0.232 e. The van der Waals surface area contributed by atoms with Crippen LogP contribution in [0.1, 0.15) is 0 Å². The van der Waals surface area contributed by atoms with Crippen molar-refractivity contribution in [1.82, 2.24) is 5.32 Å². The number of nitrogens with one attached hydrogen (secondary N) is 1. The molecule has 0 unspecified atom stereocenters. The van der Waals surface area contributed by atoms with Crippen molar-refractivity contribution in [3.63, 3.8) is 0 Å². The molecule has 2 bridgehead atoms. The van der Waals surface area contributed by atoms with Crippen molar-refractivity contribution in [2.24, 2.45) is 11.8 Å². The molecule has 0 spiro atoms. The fraction of sp³-hybridized carbons (Fsp3) is 0.556. The van der Waals surface area contributed by atoms with Gasteiger partial charge >= 0.3 is 0 Å². The molecule has 1 N–H and O–H groups in total. The van der Waals surface area contributed by atoms with Crippen molar-refractivity contribution < 1.29 is 9.59 Å². The maximum Gasteiger partial charge on any atom is 0.232 e. The van der Waals surface area contributed by atoms with Crippen LogP contribution in [0.25, 0.3) is 0 Å². The van der Waals surface area contributed by atoms with Gasteiger partial charge in [0.05, 0.1) is 21.9 Å². The van der Waals surface area contributed by atoms with Gasteiger partial charge in [0.15, 0.2) is 4.33 Å². The maximum atomic E-state index is 11.8. The van der Waals surface area contributed by atoms with Crippen LogP contribution in [0.15, 0.2) is 10.1 Å². The second-order valence-electron chi connectivity index (χ2n) is 4.43. The number of fused-ring (bicyclic) bond motifs is 5. The lowest BCUT2D eigenvalue weighted by molar-refractivity contribution is -0.126. The molecule has 1 aliphatic heterocycles. The molecule has 18 heavy (non-hydrogen) atoms. The summed E-state index contributed by atoms with van der Waals surface area (Å²) in [5, 5.41) is 1.97. The van der Waals surface area contributed by atoms with Gasteiger partial charge in [-0.05, 0) is 0 Å². The summed E-state index contributed by atoms with van der Waals surface area (Å²) < 4.78 is -1.85. The van der Waals surface area contributed by atoms with E-state index in [-0.39, 0.29) is 10.1 Å². The van der Waals surface area contributed by atoms with E-state index < -0.39 is 37.7 Å². The zero-order valence-corrected chi connectivity index (χ0v) is 12.8. The van der Waals surface area contributed by atoms with Crippen LogP contribution in [0.4, 0.5) is 0 Å². The Hall–Kier alpha value is 0.620. The van der Waals surface area contributed by atoms with Gasteiger partial charge in [0.1, 0.15) is 9.75 Å². The third-order valence-corrected chi connectivity index (χ3v) is 8.01. The van der Waals surface area contributed by atoms with Crippen LogP contribution in [0.3, 0.4) is 0 Å². The first-order valence-corrected chi connectivity index (χ1v) is 7.05. The second kappa shape index (κ2) is 3.44. The molecule has 1 saturated heterocycles. The minimum Gasteiger partial charge on any atom is -0.296 e. The largest absolute Gasteiger partial charge is 0.296 e. The van der Waals surface area contributed by atoms with Crippen LogP contribution in [-0.2, 0) is 9.59 Å². The summed E-state index contributed by atoms with van der Waals surface area (Å²) in [6.07, 6.45) is 0. The number of carbonyl (C=O) groups excluding carboxylic acids is 2. The van der Waals surface area contributed by atoms with Crippen molar-refractivity contribution in [2.75, 3.05) is 0 Å². The molecule has 9 heteroatoms. The molecule has 0 aromatic rings. The quantitative estimate of drug-likeness (QED) is 0.527. The zero-order valence-electron chi connectivity index (χ0n) is 8.24. The van der Waals surface area contributed by atoms with E-state index >= 15 is 0 Å². The van der Waals surface area contributed by atoms with E-state index in [1.807, 2.05) is 0 Å². The van der Waals surface area contributed by atoms with Crippen molar-refractivity contribution in [3.8, 4) is 0 Å². The molecule has 98 valence electrons. The van der Waals surface area contributed by atoms with Gasteiger partial charge in [0.25, 0.3) is 0 Å². The van der Waals surface area contributed by atoms with Crippen LogP contribution in [0, 0.1) is 11.8 Å². The molecule has 1 saturated carbocycles. The van der Waals surface area contributed by atoms with E-state index in [1.54, 1.807) is 0 Å². The Morgan fingerprint density at radius 3 is 1.50 bits per heavy atom. The van der Waals surface area contributed by atoms with Gasteiger partial charge in [-0.25, -0.2) is 0 Å². The Kier molecular flexibility index (Phi) is 2.60. The van der Waals surface area contributed by atoms with Gasteiger partial charge < -0.3 is 0 Å². The van der Waals surface area contributed by atoms with Crippen molar-refractivity contribution in [3.05, 3.63) is 10.1 Å². The molecule has 2 amide bonds. The zero-order chi connectivity index (χ0) is 13.7. The van der Waals surface area contributed by atoms with Crippen molar-refractivity contribution >= 4 is 81.4 Å². The van der Waals surface area contributed by atoms with Crippen LogP contribution in [0.5, 0.6) is 0 Å². The van der Waals surface area contributed by atoms with Gasteiger partial charge in [-0.1, -0.05) is 46.4 Å². The number of carbonyl (C=O) groups is 2. The number of imide groups is 1. The Labute approximate surface area is 132 Å². The average Bonchev–Trinajstić information content (AvgIpc) is 2.68. The van der Waals surface area contributed by atoms with E-state index in [0.29, 0.717) is 0 Å². The fourth-order valence-electron chi connectivity index (χ4n) is 2.92. The molecule has 3 rings (SSSR count). The van der Waals surface area contributed by atoms with Crippen molar-refractivity contribution in [2.45, 2.75) is 14.1 Å². The SMILES string of the molecule is O=C1NC(=O)[C@@H]2[C@@H]1[C@@]1(Cl)C(Cl)=C(Cl)[C@@]2(Cl)C1(Cl)Cl. The highest BCUT2D eigenvalue weighted by Crippen LogP contribution is 2.76. The van der Waals surface area contributed by atoms with E-state index in [4.69, 9.17) is 69.6 Å². The van der Waals surface area contributed by atoms with Crippen molar-refractivity contribution in [1.29, 1.82) is 0 Å². The summed E-state index contributed by atoms with van der Waals surface area (Å²) >= 11 is 37.1. The van der Waals surface area contributed by atoms with Gasteiger partial charge in [-0.2, -0.15) is 0 Å². The first-order chi connectivity index (χ1) is 8.11. The normalized spacial score (nSPS) is 48.8. The molecular weight excluding hydrogens is 367 g/mol. The topological polar surface area (TPSA) is 46.2 Å². The predicted molar refractivity (Wildman–Crippen MR) is 70.5 cm³/mol. The number of allylic oxidation sites excluding steroid dienone is 2. The molecule has 0 aromatic carbocycles. The Bertz CT molecular complexity index is 501. The lowest BCUT2D eigenvalue weighted by Gasteiger charge is -2.33. The highest BCUT2D eigenvalue weighted by atomic mass is 35.5. The molecule has 1 heterocycles. The molecule has 4 atom stereocenters. The fourth-order valence-corrected chi connectivity index (χ4v) is 5.86. The molecule has 0 radical (unpaired) electrons. The second-order valence-corrected chi connectivity index (χ2v) is 7.71. The number of halogens is 6.